The zero-order valence-electron chi connectivity index (χ0n) is 13.8. The molecule has 0 saturated carbocycles. The molecule has 0 saturated heterocycles. The summed E-state index contributed by atoms with van der Waals surface area (Å²) in [5.74, 6) is 0.0637. The lowest BCUT2D eigenvalue weighted by Gasteiger charge is -2.19. The van der Waals surface area contributed by atoms with Crippen LogP contribution in [0.15, 0.2) is 72.4 Å². The van der Waals surface area contributed by atoms with E-state index in [4.69, 9.17) is 11.6 Å². The number of rotatable bonds is 8. The second-order valence-corrected chi connectivity index (χ2v) is 5.77. The van der Waals surface area contributed by atoms with Gasteiger partial charge in [0.25, 0.3) is 5.91 Å². The molecule has 0 radical (unpaired) electrons. The Kier molecular flexibility index (Phi) is 7.55. The van der Waals surface area contributed by atoms with Crippen LogP contribution in [0, 0.1) is 11.3 Å². The maximum Gasteiger partial charge on any atom is 0.263 e. The maximum atomic E-state index is 12.0. The summed E-state index contributed by atoms with van der Waals surface area (Å²) < 4.78 is 0. The number of alkyl halides is 1. The molecule has 0 atom stereocenters. The number of amides is 1. The van der Waals surface area contributed by atoms with Crippen LogP contribution in [0.4, 0.5) is 0 Å². The summed E-state index contributed by atoms with van der Waals surface area (Å²) in [7, 11) is 0. The molecule has 0 aliphatic heterocycles. The van der Waals surface area contributed by atoms with Crippen LogP contribution < -0.4 is 10.6 Å². The molecule has 2 aromatic rings. The molecular formula is C20H20ClN3O. The zero-order valence-corrected chi connectivity index (χ0v) is 14.5. The Balaban J connectivity index is 2.19. The van der Waals surface area contributed by atoms with Gasteiger partial charge < -0.3 is 10.6 Å². The molecule has 25 heavy (non-hydrogen) atoms. The van der Waals surface area contributed by atoms with E-state index in [0.717, 1.165) is 11.1 Å². The number of nitrogens with zero attached hydrogens (tertiary/aromatic N) is 1. The van der Waals surface area contributed by atoms with E-state index in [9.17, 15) is 10.1 Å². The summed E-state index contributed by atoms with van der Waals surface area (Å²) in [6.07, 6.45) is 2.14. The first-order chi connectivity index (χ1) is 12.3. The average molecular weight is 354 g/mol. The highest BCUT2D eigenvalue weighted by Gasteiger charge is 2.14. The first-order valence-corrected chi connectivity index (χ1v) is 8.60. The highest BCUT2D eigenvalue weighted by Crippen LogP contribution is 2.21. The summed E-state index contributed by atoms with van der Waals surface area (Å²) in [5.41, 5.74) is 2.13. The predicted molar refractivity (Wildman–Crippen MR) is 99.9 cm³/mol. The minimum atomic E-state index is -0.403. The SMILES string of the molecule is N#C/C(=C/NC(c1ccccc1)c1ccccc1)C(=O)NCCCCl. The minimum Gasteiger partial charge on any atom is -0.379 e. The second kappa shape index (κ2) is 10.2. The largest absolute Gasteiger partial charge is 0.379 e. The molecule has 0 fully saturated rings. The minimum absolute atomic E-state index is 0.0337. The topological polar surface area (TPSA) is 64.9 Å². The van der Waals surface area contributed by atoms with E-state index in [-0.39, 0.29) is 11.6 Å². The molecule has 2 N–H and O–H groups in total. The zero-order chi connectivity index (χ0) is 17.9. The lowest BCUT2D eigenvalue weighted by Crippen LogP contribution is -2.27. The van der Waals surface area contributed by atoms with Crippen molar-refractivity contribution in [2.45, 2.75) is 12.5 Å². The summed E-state index contributed by atoms with van der Waals surface area (Å²) in [5, 5.41) is 15.1. The second-order valence-electron chi connectivity index (χ2n) is 5.39. The van der Waals surface area contributed by atoms with Crippen molar-refractivity contribution in [2.24, 2.45) is 0 Å². The number of hydrogen-bond acceptors (Lipinski definition) is 3. The molecule has 0 aliphatic rings. The third kappa shape index (κ3) is 5.66. The van der Waals surface area contributed by atoms with Crippen LogP contribution in [-0.4, -0.2) is 18.3 Å². The molecule has 0 spiro atoms. The Hall–Kier alpha value is -2.77. The van der Waals surface area contributed by atoms with Gasteiger partial charge in [-0.25, -0.2) is 0 Å². The van der Waals surface area contributed by atoms with Crippen LogP contribution in [0.5, 0.6) is 0 Å². The van der Waals surface area contributed by atoms with Gasteiger partial charge in [0, 0.05) is 18.6 Å². The highest BCUT2D eigenvalue weighted by molar-refractivity contribution is 6.17. The Morgan fingerprint density at radius 2 is 1.64 bits per heavy atom. The van der Waals surface area contributed by atoms with Crippen molar-refractivity contribution in [3.8, 4) is 6.07 Å². The number of carbonyl (C=O) groups excluding carboxylic acids is 1. The van der Waals surface area contributed by atoms with Gasteiger partial charge in [0.15, 0.2) is 0 Å². The van der Waals surface area contributed by atoms with Gasteiger partial charge in [-0.05, 0) is 17.5 Å². The van der Waals surface area contributed by atoms with Gasteiger partial charge in [0.2, 0.25) is 0 Å². The number of halogens is 1. The quantitative estimate of drug-likeness (QED) is 0.330. The molecule has 0 unspecified atom stereocenters. The molecule has 0 bridgehead atoms. The van der Waals surface area contributed by atoms with E-state index >= 15 is 0 Å². The molecule has 5 heteroatoms. The van der Waals surface area contributed by atoms with E-state index in [1.807, 2.05) is 66.7 Å². The van der Waals surface area contributed by atoms with Crippen LogP contribution in [0.2, 0.25) is 0 Å². The Bertz CT molecular complexity index is 699. The standard InChI is InChI=1S/C20H20ClN3O/c21-12-7-13-23-20(25)18(14-22)15-24-19(16-8-3-1-4-9-16)17-10-5-2-6-11-17/h1-6,8-11,15,19,24H,7,12-13H2,(H,23,25)/b18-15-. The molecular weight excluding hydrogens is 334 g/mol. The Morgan fingerprint density at radius 3 is 2.12 bits per heavy atom. The van der Waals surface area contributed by atoms with Crippen LogP contribution in [0.25, 0.3) is 0 Å². The van der Waals surface area contributed by atoms with Gasteiger partial charge >= 0.3 is 0 Å². The van der Waals surface area contributed by atoms with E-state index in [1.165, 1.54) is 6.20 Å². The number of carbonyl (C=O) groups is 1. The highest BCUT2D eigenvalue weighted by atomic mass is 35.5. The number of nitriles is 1. The van der Waals surface area contributed by atoms with Crippen molar-refractivity contribution in [1.29, 1.82) is 5.26 Å². The average Bonchev–Trinajstić information content (AvgIpc) is 2.67. The fourth-order valence-electron chi connectivity index (χ4n) is 2.36. The molecule has 0 aromatic heterocycles. The number of nitrogens with one attached hydrogen (secondary N) is 2. The van der Waals surface area contributed by atoms with E-state index in [2.05, 4.69) is 10.6 Å². The Morgan fingerprint density at radius 1 is 1.08 bits per heavy atom. The third-order valence-electron chi connectivity index (χ3n) is 3.62. The van der Waals surface area contributed by atoms with Gasteiger partial charge in [-0.3, -0.25) is 4.79 Å². The van der Waals surface area contributed by atoms with E-state index in [1.54, 1.807) is 0 Å². The van der Waals surface area contributed by atoms with Crippen molar-refractivity contribution in [1.82, 2.24) is 10.6 Å². The molecule has 128 valence electrons. The van der Waals surface area contributed by atoms with Gasteiger partial charge in [-0.15, -0.1) is 11.6 Å². The van der Waals surface area contributed by atoms with E-state index in [0.29, 0.717) is 18.8 Å². The predicted octanol–water partition coefficient (Wildman–Crippen LogP) is 3.52. The number of benzene rings is 2. The third-order valence-corrected chi connectivity index (χ3v) is 3.89. The lowest BCUT2D eigenvalue weighted by atomic mass is 9.99. The van der Waals surface area contributed by atoms with Gasteiger partial charge in [-0.2, -0.15) is 5.26 Å². The maximum absolute atomic E-state index is 12.0. The molecule has 1 amide bonds. The summed E-state index contributed by atoms with van der Waals surface area (Å²) in [6.45, 7) is 0.447. The Labute approximate surface area is 153 Å². The molecule has 0 aliphatic carbocycles. The molecule has 2 aromatic carbocycles. The number of hydrogen-bond donors (Lipinski definition) is 2. The first kappa shape index (κ1) is 18.6. The molecule has 2 rings (SSSR count). The van der Waals surface area contributed by atoms with Gasteiger partial charge in [0.05, 0.1) is 6.04 Å². The summed E-state index contributed by atoms with van der Waals surface area (Å²) in [6, 6.07) is 21.5. The molecule has 4 nitrogen and oxygen atoms in total. The van der Waals surface area contributed by atoms with Crippen LogP contribution in [0.3, 0.4) is 0 Å². The lowest BCUT2D eigenvalue weighted by molar-refractivity contribution is -0.117. The normalized spacial score (nSPS) is 11.0. The first-order valence-electron chi connectivity index (χ1n) is 8.06. The smallest absolute Gasteiger partial charge is 0.263 e. The summed E-state index contributed by atoms with van der Waals surface area (Å²) >= 11 is 5.59. The fourth-order valence-corrected chi connectivity index (χ4v) is 2.49. The van der Waals surface area contributed by atoms with Crippen molar-refractivity contribution in [2.75, 3.05) is 12.4 Å². The van der Waals surface area contributed by atoms with Crippen molar-refractivity contribution >= 4 is 17.5 Å². The van der Waals surface area contributed by atoms with Crippen LogP contribution in [0.1, 0.15) is 23.6 Å². The van der Waals surface area contributed by atoms with Crippen LogP contribution >= 0.6 is 11.6 Å². The van der Waals surface area contributed by atoms with Gasteiger partial charge in [-0.1, -0.05) is 60.7 Å². The van der Waals surface area contributed by atoms with E-state index < -0.39 is 5.91 Å². The fraction of sp³-hybridized carbons (Fsp3) is 0.200. The molecule has 0 heterocycles. The van der Waals surface area contributed by atoms with Crippen molar-refractivity contribution in [3.05, 3.63) is 83.6 Å². The van der Waals surface area contributed by atoms with Crippen LogP contribution in [-0.2, 0) is 4.79 Å². The van der Waals surface area contributed by atoms with Crippen molar-refractivity contribution in [3.63, 3.8) is 0 Å². The summed E-state index contributed by atoms with van der Waals surface area (Å²) in [4.78, 5) is 12.0. The van der Waals surface area contributed by atoms with Gasteiger partial charge in [0.1, 0.15) is 11.6 Å². The monoisotopic (exact) mass is 353 g/mol. The van der Waals surface area contributed by atoms with Crippen molar-refractivity contribution < 1.29 is 4.79 Å².